The van der Waals surface area contributed by atoms with Gasteiger partial charge in [0.25, 0.3) is 5.91 Å². The summed E-state index contributed by atoms with van der Waals surface area (Å²) in [5.41, 5.74) is 0.333. The van der Waals surface area contributed by atoms with Crippen molar-refractivity contribution in [2.24, 2.45) is 5.92 Å². The first-order valence-electron chi connectivity index (χ1n) is 8.21. The molecule has 1 aromatic rings. The first-order valence-corrected chi connectivity index (χ1v) is 8.21. The molecule has 3 atom stereocenters. The number of aliphatic hydroxyl groups is 1. The maximum atomic E-state index is 11.5. The Morgan fingerprint density at radius 3 is 2.73 bits per heavy atom. The molecule has 120 valence electrons. The second-order valence-corrected chi connectivity index (χ2v) is 6.27. The Morgan fingerprint density at radius 1 is 1.23 bits per heavy atom. The van der Waals surface area contributed by atoms with E-state index in [1.54, 1.807) is 13.1 Å². The van der Waals surface area contributed by atoms with Crippen molar-refractivity contribution in [1.29, 1.82) is 0 Å². The molecule has 6 heteroatoms. The minimum atomic E-state index is -0.222. The number of hydrogen-bond acceptors (Lipinski definition) is 5. The van der Waals surface area contributed by atoms with Crippen LogP contribution in [0.4, 0.5) is 5.82 Å². The molecule has 3 rings (SSSR count). The monoisotopic (exact) mass is 304 g/mol. The van der Waals surface area contributed by atoms with E-state index in [-0.39, 0.29) is 12.0 Å². The summed E-state index contributed by atoms with van der Waals surface area (Å²) in [6.07, 6.45) is 6.35. The van der Waals surface area contributed by atoms with Gasteiger partial charge in [0.2, 0.25) is 0 Å². The van der Waals surface area contributed by atoms with Gasteiger partial charge in [-0.3, -0.25) is 4.79 Å². The van der Waals surface area contributed by atoms with Crippen LogP contribution in [-0.2, 0) is 0 Å². The highest BCUT2D eigenvalue weighted by Crippen LogP contribution is 2.36. The standard InChI is InChI=1S/C16H24N4O2/c1-17-16(22)12-8-9-15(19-18-12)20-10-4-6-13(20)11-5-2-3-7-14(11)21/h8-9,11,13-14,21H,2-7,10H2,1H3,(H,17,22)/t11-,13+,14-/m0/s1. The molecular weight excluding hydrogens is 280 g/mol. The molecule has 2 aliphatic rings. The van der Waals surface area contributed by atoms with Crippen LogP contribution in [0.25, 0.3) is 0 Å². The number of rotatable bonds is 3. The molecule has 1 amide bonds. The molecule has 0 bridgehead atoms. The van der Waals surface area contributed by atoms with Gasteiger partial charge in [0, 0.05) is 25.6 Å². The first-order chi connectivity index (χ1) is 10.7. The van der Waals surface area contributed by atoms with Gasteiger partial charge < -0.3 is 15.3 Å². The van der Waals surface area contributed by atoms with Crippen LogP contribution < -0.4 is 10.2 Å². The fraction of sp³-hybridized carbons (Fsp3) is 0.688. The fourth-order valence-electron chi connectivity index (χ4n) is 3.84. The number of aliphatic hydroxyl groups excluding tert-OH is 1. The lowest BCUT2D eigenvalue weighted by Gasteiger charge is -2.37. The van der Waals surface area contributed by atoms with E-state index in [2.05, 4.69) is 20.4 Å². The smallest absolute Gasteiger partial charge is 0.271 e. The molecule has 22 heavy (non-hydrogen) atoms. The van der Waals surface area contributed by atoms with E-state index in [0.717, 1.165) is 44.5 Å². The molecule has 1 saturated heterocycles. The Hall–Kier alpha value is -1.69. The van der Waals surface area contributed by atoms with Crippen LogP contribution >= 0.6 is 0 Å². The van der Waals surface area contributed by atoms with E-state index in [1.807, 2.05) is 6.07 Å². The van der Waals surface area contributed by atoms with Gasteiger partial charge >= 0.3 is 0 Å². The topological polar surface area (TPSA) is 78.4 Å². The second-order valence-electron chi connectivity index (χ2n) is 6.27. The normalized spacial score (nSPS) is 28.6. The molecule has 2 N–H and O–H groups in total. The lowest BCUT2D eigenvalue weighted by Crippen LogP contribution is -2.43. The van der Waals surface area contributed by atoms with Crippen molar-refractivity contribution in [3.8, 4) is 0 Å². The maximum absolute atomic E-state index is 11.5. The average Bonchev–Trinajstić information content (AvgIpc) is 3.04. The van der Waals surface area contributed by atoms with Crippen LogP contribution in [0.3, 0.4) is 0 Å². The summed E-state index contributed by atoms with van der Waals surface area (Å²) in [6.45, 7) is 0.946. The lowest BCUT2D eigenvalue weighted by molar-refractivity contribution is 0.0565. The Balaban J connectivity index is 1.76. The summed E-state index contributed by atoms with van der Waals surface area (Å²) < 4.78 is 0. The number of aromatic nitrogens is 2. The molecule has 1 saturated carbocycles. The minimum absolute atomic E-state index is 0.197. The number of anilines is 1. The fourth-order valence-corrected chi connectivity index (χ4v) is 3.84. The Morgan fingerprint density at radius 2 is 2.05 bits per heavy atom. The summed E-state index contributed by atoms with van der Waals surface area (Å²) in [5, 5.41) is 21.1. The van der Waals surface area contributed by atoms with Crippen LogP contribution in [0.15, 0.2) is 12.1 Å². The Kier molecular flexibility index (Phi) is 4.57. The van der Waals surface area contributed by atoms with Crippen LogP contribution in [0.1, 0.15) is 49.0 Å². The lowest BCUT2D eigenvalue weighted by atomic mass is 9.80. The van der Waals surface area contributed by atoms with E-state index in [1.165, 1.54) is 6.42 Å². The quantitative estimate of drug-likeness (QED) is 0.881. The van der Waals surface area contributed by atoms with Gasteiger partial charge in [-0.25, -0.2) is 0 Å². The van der Waals surface area contributed by atoms with E-state index in [9.17, 15) is 9.90 Å². The van der Waals surface area contributed by atoms with E-state index < -0.39 is 0 Å². The predicted molar refractivity (Wildman–Crippen MR) is 83.8 cm³/mol. The minimum Gasteiger partial charge on any atom is -0.393 e. The molecule has 1 aromatic heterocycles. The van der Waals surface area contributed by atoms with Gasteiger partial charge in [0.05, 0.1) is 6.10 Å². The van der Waals surface area contributed by atoms with E-state index >= 15 is 0 Å². The van der Waals surface area contributed by atoms with Crippen molar-refractivity contribution in [1.82, 2.24) is 15.5 Å². The van der Waals surface area contributed by atoms with Crippen molar-refractivity contribution in [2.75, 3.05) is 18.5 Å². The van der Waals surface area contributed by atoms with Gasteiger partial charge in [-0.1, -0.05) is 12.8 Å². The summed E-state index contributed by atoms with van der Waals surface area (Å²) in [6, 6.07) is 3.93. The summed E-state index contributed by atoms with van der Waals surface area (Å²) in [7, 11) is 1.58. The second kappa shape index (κ2) is 6.60. The van der Waals surface area contributed by atoms with Gasteiger partial charge in [-0.15, -0.1) is 10.2 Å². The molecule has 2 fully saturated rings. The zero-order valence-electron chi connectivity index (χ0n) is 13.0. The van der Waals surface area contributed by atoms with Crippen LogP contribution in [0.5, 0.6) is 0 Å². The highest BCUT2D eigenvalue weighted by atomic mass is 16.3. The van der Waals surface area contributed by atoms with Gasteiger partial charge in [0.1, 0.15) is 0 Å². The van der Waals surface area contributed by atoms with E-state index in [4.69, 9.17) is 0 Å². The Labute approximate surface area is 130 Å². The molecular formula is C16H24N4O2. The van der Waals surface area contributed by atoms with Gasteiger partial charge in [0.15, 0.2) is 11.5 Å². The largest absolute Gasteiger partial charge is 0.393 e. The third-order valence-corrected chi connectivity index (χ3v) is 4.98. The molecule has 6 nitrogen and oxygen atoms in total. The van der Waals surface area contributed by atoms with Crippen molar-refractivity contribution in [2.45, 2.75) is 50.7 Å². The SMILES string of the molecule is CNC(=O)c1ccc(N2CCC[C@@H]2[C@@H]2CCCC[C@@H]2O)nn1. The summed E-state index contributed by atoms with van der Waals surface area (Å²) in [4.78, 5) is 13.8. The highest BCUT2D eigenvalue weighted by molar-refractivity contribution is 5.91. The zero-order chi connectivity index (χ0) is 15.5. The highest BCUT2D eigenvalue weighted by Gasteiger charge is 2.37. The first kappa shape index (κ1) is 15.2. The maximum Gasteiger partial charge on any atom is 0.271 e. The zero-order valence-corrected chi connectivity index (χ0v) is 13.0. The third-order valence-electron chi connectivity index (χ3n) is 4.98. The number of carbonyl (C=O) groups is 1. The molecule has 1 aliphatic heterocycles. The van der Waals surface area contributed by atoms with Crippen LogP contribution in [0.2, 0.25) is 0 Å². The van der Waals surface area contributed by atoms with Crippen molar-refractivity contribution in [3.63, 3.8) is 0 Å². The van der Waals surface area contributed by atoms with Crippen LogP contribution in [-0.4, -0.2) is 46.9 Å². The summed E-state index contributed by atoms with van der Waals surface area (Å²) >= 11 is 0. The predicted octanol–water partition coefficient (Wildman–Crippen LogP) is 1.36. The Bertz CT molecular complexity index is 519. The molecule has 0 radical (unpaired) electrons. The number of hydrogen-bond donors (Lipinski definition) is 2. The van der Waals surface area contributed by atoms with Crippen molar-refractivity contribution < 1.29 is 9.90 Å². The molecule has 1 aliphatic carbocycles. The van der Waals surface area contributed by atoms with Crippen molar-refractivity contribution >= 4 is 11.7 Å². The number of nitrogens with zero attached hydrogens (tertiary/aromatic N) is 3. The number of amides is 1. The van der Waals surface area contributed by atoms with Gasteiger partial charge in [-0.05, 0) is 37.8 Å². The van der Waals surface area contributed by atoms with Gasteiger partial charge in [-0.2, -0.15) is 0 Å². The molecule has 0 unspecified atom stereocenters. The van der Waals surface area contributed by atoms with Crippen LogP contribution in [0, 0.1) is 5.92 Å². The number of nitrogens with one attached hydrogen (secondary N) is 1. The molecule has 2 heterocycles. The number of carbonyl (C=O) groups excluding carboxylic acids is 1. The molecule has 0 aromatic carbocycles. The summed E-state index contributed by atoms with van der Waals surface area (Å²) in [5.74, 6) is 0.921. The molecule has 0 spiro atoms. The average molecular weight is 304 g/mol. The third kappa shape index (κ3) is 2.92. The van der Waals surface area contributed by atoms with E-state index in [0.29, 0.717) is 17.7 Å². The van der Waals surface area contributed by atoms with Crippen molar-refractivity contribution in [3.05, 3.63) is 17.8 Å².